The van der Waals surface area contributed by atoms with Crippen LogP contribution in [0.2, 0.25) is 0 Å². The normalized spacial score (nSPS) is 30.0. The maximum Gasteiger partial charge on any atom is 0.332 e. The predicted molar refractivity (Wildman–Crippen MR) is 103 cm³/mol. The lowest BCUT2D eigenvalue weighted by Gasteiger charge is -2.45. The maximum atomic E-state index is 11.3. The van der Waals surface area contributed by atoms with Gasteiger partial charge < -0.3 is 14.9 Å². The molecule has 1 saturated heterocycles. The summed E-state index contributed by atoms with van der Waals surface area (Å²) in [6.07, 6.45) is 0.810. The number of aliphatic carboxylic acids is 1. The molecule has 0 bridgehead atoms. The second-order valence-corrected chi connectivity index (χ2v) is 9.12. The van der Waals surface area contributed by atoms with Crippen LogP contribution in [0.1, 0.15) is 18.9 Å². The highest BCUT2D eigenvalue weighted by atomic mass is 79.9. The molecule has 0 aromatic heterocycles. The Bertz CT molecular complexity index is 660. The van der Waals surface area contributed by atoms with Gasteiger partial charge in [0.05, 0.1) is 6.61 Å². The van der Waals surface area contributed by atoms with Crippen LogP contribution in [-0.4, -0.2) is 40.9 Å². The number of carboxylic acid groups (broad SMARTS) is 1. The third-order valence-electron chi connectivity index (χ3n) is 4.37. The van der Waals surface area contributed by atoms with Crippen molar-refractivity contribution in [2.24, 2.45) is 10.9 Å². The number of ether oxygens (including phenoxy) is 1. The number of hydrogen-bond acceptors (Lipinski definition) is 5. The summed E-state index contributed by atoms with van der Waals surface area (Å²) in [5, 5.41) is 13.6. The van der Waals surface area contributed by atoms with Crippen molar-refractivity contribution in [1.29, 1.82) is 0 Å². The van der Waals surface area contributed by atoms with Crippen molar-refractivity contribution in [2.75, 3.05) is 18.5 Å². The molecule has 1 fully saturated rings. The van der Waals surface area contributed by atoms with E-state index in [1.165, 1.54) is 0 Å². The third-order valence-corrected chi connectivity index (χ3v) is 6.85. The van der Waals surface area contributed by atoms with Crippen LogP contribution in [0.25, 0.3) is 0 Å². The van der Waals surface area contributed by atoms with Gasteiger partial charge >= 0.3 is 5.97 Å². The molecule has 4 unspecified atom stereocenters. The Balaban J connectivity index is 1.98. The highest BCUT2D eigenvalue weighted by Gasteiger charge is 2.49. The minimum Gasteiger partial charge on any atom is -0.479 e. The first-order valence-corrected chi connectivity index (χ1v) is 10.9. The number of nitrogens with zero attached hydrogens (tertiary/aromatic N) is 1. The molecule has 3 rings (SSSR count). The van der Waals surface area contributed by atoms with Gasteiger partial charge in [-0.05, 0) is 39.0 Å². The zero-order valence-corrected chi connectivity index (χ0v) is 16.7. The average molecular weight is 431 g/mol. The second-order valence-electron chi connectivity index (χ2n) is 5.89. The lowest BCUT2D eigenvalue weighted by molar-refractivity contribution is -0.159. The fraction of sp³-hybridized carbons (Fsp3) is 0.500. The van der Waals surface area contributed by atoms with Crippen LogP contribution in [0.4, 0.5) is 0 Å². The first-order chi connectivity index (χ1) is 11.5. The molecule has 8 heteroatoms. The summed E-state index contributed by atoms with van der Waals surface area (Å²) in [5.74, 6) is 0.102. The number of carboxylic acids is 1. The van der Waals surface area contributed by atoms with Gasteiger partial charge in [0.15, 0.2) is 11.3 Å². The van der Waals surface area contributed by atoms with Crippen molar-refractivity contribution < 1.29 is 14.6 Å². The first-order valence-electron chi connectivity index (χ1n) is 7.87. The van der Waals surface area contributed by atoms with E-state index < -0.39 is 17.6 Å². The average Bonchev–Trinajstić information content (AvgIpc) is 2.59. The van der Waals surface area contributed by atoms with E-state index >= 15 is 0 Å². The van der Waals surface area contributed by atoms with Crippen LogP contribution in [-0.2, 0) is 15.1 Å². The van der Waals surface area contributed by atoms with Crippen LogP contribution in [0.3, 0.4) is 0 Å². The van der Waals surface area contributed by atoms with Crippen molar-refractivity contribution >= 4 is 47.6 Å². The summed E-state index contributed by atoms with van der Waals surface area (Å²) < 4.78 is 6.70. The highest BCUT2D eigenvalue weighted by molar-refractivity contribution is 9.10. The predicted octanol–water partition coefficient (Wildman–Crippen LogP) is 3.44. The number of amidine groups is 1. The van der Waals surface area contributed by atoms with Crippen molar-refractivity contribution in [1.82, 2.24) is 5.09 Å². The largest absolute Gasteiger partial charge is 0.479 e. The molecule has 1 aromatic rings. The number of carbonyl (C=O) groups is 1. The van der Waals surface area contributed by atoms with E-state index in [0.29, 0.717) is 21.8 Å². The molecular formula is C16H20BrN2O3PS. The summed E-state index contributed by atoms with van der Waals surface area (Å²) >= 11 is 5.22. The minimum atomic E-state index is -0.886. The van der Waals surface area contributed by atoms with Crippen LogP contribution in [0.15, 0.2) is 33.7 Å². The van der Waals surface area contributed by atoms with Gasteiger partial charge in [-0.3, -0.25) is 0 Å². The van der Waals surface area contributed by atoms with Gasteiger partial charge in [-0.1, -0.05) is 46.7 Å². The standard InChI is InChI=1S/C16H20BrN2O3PS/c1-2-23-19-15-18-16(10-4-3-5-12(17)6-10)9-22-13(14(20)21)7-11(16)8-24-15/h3-6,11,13,23H,2,7-9H2,1H3,(H,18,19)(H,20,21). The zero-order chi connectivity index (χ0) is 17.2. The summed E-state index contributed by atoms with van der Waals surface area (Å²) in [7, 11) is 0.635. The molecule has 2 aliphatic rings. The molecule has 2 aliphatic heterocycles. The molecule has 130 valence electrons. The van der Waals surface area contributed by atoms with Gasteiger partial charge in [0.2, 0.25) is 0 Å². The molecule has 24 heavy (non-hydrogen) atoms. The fourth-order valence-electron chi connectivity index (χ4n) is 3.13. The van der Waals surface area contributed by atoms with Gasteiger partial charge in [-0.15, -0.1) is 0 Å². The Morgan fingerprint density at radius 2 is 2.46 bits per heavy atom. The fourth-order valence-corrected chi connectivity index (χ4v) is 5.42. The SMILES string of the molecule is CCPNC1=NC2(c3cccc(Br)c3)COC(C(=O)O)CC2CS1. The van der Waals surface area contributed by atoms with E-state index in [-0.39, 0.29) is 5.92 Å². The topological polar surface area (TPSA) is 70.9 Å². The lowest BCUT2D eigenvalue weighted by Crippen LogP contribution is -2.51. The summed E-state index contributed by atoms with van der Waals surface area (Å²) in [5.41, 5.74) is 0.562. The van der Waals surface area contributed by atoms with Crippen molar-refractivity contribution in [3.05, 3.63) is 34.3 Å². The van der Waals surface area contributed by atoms with Gasteiger partial charge in [0.1, 0.15) is 5.54 Å². The number of thioether (sulfide) groups is 1. The van der Waals surface area contributed by atoms with E-state index in [4.69, 9.17) is 9.73 Å². The minimum absolute atomic E-state index is 0.141. The molecule has 0 aliphatic carbocycles. The number of fused-ring (bicyclic) bond motifs is 1. The van der Waals surface area contributed by atoms with Gasteiger partial charge in [0.25, 0.3) is 0 Å². The van der Waals surface area contributed by atoms with E-state index in [1.807, 2.05) is 12.1 Å². The number of hydrogen-bond donors (Lipinski definition) is 2. The number of rotatable bonds is 4. The molecule has 0 saturated carbocycles. The van der Waals surface area contributed by atoms with Crippen LogP contribution >= 0.6 is 36.4 Å². The van der Waals surface area contributed by atoms with E-state index in [0.717, 1.165) is 27.1 Å². The Morgan fingerprint density at radius 1 is 1.62 bits per heavy atom. The Hall–Kier alpha value is -0.620. The Morgan fingerprint density at radius 3 is 3.17 bits per heavy atom. The smallest absolute Gasteiger partial charge is 0.332 e. The van der Waals surface area contributed by atoms with Crippen LogP contribution < -0.4 is 5.09 Å². The quantitative estimate of drug-likeness (QED) is 0.715. The summed E-state index contributed by atoms with van der Waals surface area (Å²) in [6.45, 7) is 2.43. The third kappa shape index (κ3) is 3.64. The maximum absolute atomic E-state index is 11.3. The summed E-state index contributed by atoms with van der Waals surface area (Å²) in [4.78, 5) is 16.4. The van der Waals surface area contributed by atoms with Gasteiger partial charge in [-0.2, -0.15) is 0 Å². The van der Waals surface area contributed by atoms with Gasteiger partial charge in [0, 0.05) is 16.1 Å². The van der Waals surface area contributed by atoms with E-state index in [2.05, 4.69) is 40.1 Å². The molecule has 4 atom stereocenters. The lowest BCUT2D eigenvalue weighted by atomic mass is 9.75. The Kier molecular flexibility index (Phi) is 5.85. The van der Waals surface area contributed by atoms with Crippen molar-refractivity contribution in [3.63, 3.8) is 0 Å². The molecule has 2 N–H and O–H groups in total. The van der Waals surface area contributed by atoms with E-state index in [9.17, 15) is 9.90 Å². The monoisotopic (exact) mass is 430 g/mol. The van der Waals surface area contributed by atoms with Crippen LogP contribution in [0, 0.1) is 5.92 Å². The van der Waals surface area contributed by atoms with E-state index in [1.54, 1.807) is 11.8 Å². The zero-order valence-electron chi connectivity index (χ0n) is 13.3. The molecule has 5 nitrogen and oxygen atoms in total. The highest BCUT2D eigenvalue weighted by Crippen LogP contribution is 2.46. The summed E-state index contributed by atoms with van der Waals surface area (Å²) in [6, 6.07) is 8.10. The molecule has 0 amide bonds. The molecule has 0 radical (unpaired) electrons. The number of aliphatic imine (C=N–C) groups is 1. The number of halogens is 1. The van der Waals surface area contributed by atoms with Crippen molar-refractivity contribution in [2.45, 2.75) is 25.0 Å². The molecule has 2 heterocycles. The first kappa shape index (κ1) is 18.2. The number of nitrogens with one attached hydrogen (secondary N) is 1. The van der Waals surface area contributed by atoms with Crippen LogP contribution in [0.5, 0.6) is 0 Å². The second kappa shape index (κ2) is 7.73. The Labute approximate surface area is 156 Å². The molecule has 1 aromatic carbocycles. The van der Waals surface area contributed by atoms with Gasteiger partial charge in [-0.25, -0.2) is 9.79 Å². The number of benzene rings is 1. The van der Waals surface area contributed by atoms with Crippen molar-refractivity contribution in [3.8, 4) is 0 Å². The molecular weight excluding hydrogens is 411 g/mol. The molecule has 0 spiro atoms.